The number of nitriles is 1. The molecule has 0 amide bonds. The van der Waals surface area contributed by atoms with Crippen molar-refractivity contribution in [1.29, 1.82) is 5.26 Å². The van der Waals surface area contributed by atoms with Gasteiger partial charge in [0, 0.05) is 41.6 Å². The summed E-state index contributed by atoms with van der Waals surface area (Å²) in [6.07, 6.45) is 0. The fourth-order valence-electron chi connectivity index (χ4n) is 3.02. The zero-order valence-electron chi connectivity index (χ0n) is 15.7. The predicted octanol–water partition coefficient (Wildman–Crippen LogP) is 2.59. The second-order valence-corrected chi connectivity index (χ2v) is 7.12. The van der Waals surface area contributed by atoms with Crippen molar-refractivity contribution < 1.29 is 14.5 Å². The van der Waals surface area contributed by atoms with Crippen LogP contribution in [0.15, 0.2) is 46.8 Å². The Labute approximate surface area is 167 Å². The monoisotopic (exact) mass is 402 g/mol. The standard InChI is InChI=1S/C19H22N4O4S/c1-3-27-19(24)18-16(11-28-8-7-20)22-12(2)15(10-21)17(18)13-5-4-6-14(9-13)23(25)26/h4-6,9,17,22H,3,7-8,11,20H2,1-2H3/t17-/m0/s1. The minimum Gasteiger partial charge on any atom is -0.463 e. The number of carbonyl (C=O) groups is 1. The number of dihydropyridines is 1. The van der Waals surface area contributed by atoms with Crippen LogP contribution in [0, 0.1) is 21.4 Å². The predicted molar refractivity (Wildman–Crippen MR) is 107 cm³/mol. The summed E-state index contributed by atoms with van der Waals surface area (Å²) in [6.45, 7) is 4.13. The fraction of sp³-hybridized carbons (Fsp3) is 0.368. The Morgan fingerprint density at radius 3 is 2.86 bits per heavy atom. The van der Waals surface area contributed by atoms with E-state index < -0.39 is 16.8 Å². The molecule has 0 bridgehead atoms. The van der Waals surface area contributed by atoms with Gasteiger partial charge in [-0.2, -0.15) is 17.0 Å². The van der Waals surface area contributed by atoms with Crippen LogP contribution >= 0.6 is 11.8 Å². The van der Waals surface area contributed by atoms with Gasteiger partial charge in [0.2, 0.25) is 0 Å². The summed E-state index contributed by atoms with van der Waals surface area (Å²) >= 11 is 1.55. The Balaban J connectivity index is 2.63. The zero-order valence-corrected chi connectivity index (χ0v) is 16.5. The third kappa shape index (κ3) is 4.71. The summed E-state index contributed by atoms with van der Waals surface area (Å²) in [5.41, 5.74) is 7.81. The molecule has 0 aromatic heterocycles. The molecule has 0 saturated heterocycles. The van der Waals surface area contributed by atoms with Crippen LogP contribution in [-0.4, -0.2) is 35.5 Å². The van der Waals surface area contributed by atoms with Crippen molar-refractivity contribution in [1.82, 2.24) is 5.32 Å². The molecule has 0 spiro atoms. The van der Waals surface area contributed by atoms with E-state index in [1.165, 1.54) is 12.1 Å². The second kappa shape index (κ2) is 9.92. The van der Waals surface area contributed by atoms with Gasteiger partial charge in [-0.15, -0.1) is 0 Å². The molecule has 0 radical (unpaired) electrons. The highest BCUT2D eigenvalue weighted by molar-refractivity contribution is 7.99. The van der Waals surface area contributed by atoms with E-state index >= 15 is 0 Å². The van der Waals surface area contributed by atoms with Gasteiger partial charge in [0.05, 0.1) is 34.7 Å². The number of nitro benzene ring substituents is 1. The average molecular weight is 402 g/mol. The molecule has 8 nitrogen and oxygen atoms in total. The molecule has 0 saturated carbocycles. The number of allylic oxidation sites excluding steroid dienone is 2. The van der Waals surface area contributed by atoms with Gasteiger partial charge in [0.15, 0.2) is 0 Å². The fourth-order valence-corrected chi connectivity index (χ4v) is 3.76. The maximum atomic E-state index is 12.8. The molecule has 1 atom stereocenters. The highest BCUT2D eigenvalue weighted by atomic mass is 32.2. The molecule has 0 fully saturated rings. The SMILES string of the molecule is CCOC(=O)C1=C(CSCCN)NC(C)=C(C#N)[C@@H]1c1cccc([N+](=O)[O-])c1. The van der Waals surface area contributed by atoms with Crippen LogP contribution < -0.4 is 11.1 Å². The lowest BCUT2D eigenvalue weighted by molar-refractivity contribution is -0.384. The summed E-state index contributed by atoms with van der Waals surface area (Å²) in [5, 5.41) is 24.1. The number of hydrogen-bond acceptors (Lipinski definition) is 8. The summed E-state index contributed by atoms with van der Waals surface area (Å²) < 4.78 is 5.24. The normalized spacial score (nSPS) is 16.4. The lowest BCUT2D eigenvalue weighted by atomic mass is 9.81. The Hall–Kier alpha value is -2.83. The molecular formula is C19H22N4O4S. The molecule has 2 rings (SSSR count). The van der Waals surface area contributed by atoms with Crippen molar-refractivity contribution in [2.24, 2.45) is 5.73 Å². The van der Waals surface area contributed by atoms with E-state index in [-0.39, 0.29) is 12.3 Å². The third-order valence-electron chi connectivity index (χ3n) is 4.18. The number of nitrogens with one attached hydrogen (secondary N) is 1. The molecule has 9 heteroatoms. The summed E-state index contributed by atoms with van der Waals surface area (Å²) in [6, 6.07) is 8.14. The van der Waals surface area contributed by atoms with Crippen LogP contribution in [0.25, 0.3) is 0 Å². The third-order valence-corrected chi connectivity index (χ3v) is 5.20. The largest absolute Gasteiger partial charge is 0.463 e. The maximum Gasteiger partial charge on any atom is 0.336 e. The van der Waals surface area contributed by atoms with Crippen LogP contribution in [0.1, 0.15) is 25.3 Å². The Morgan fingerprint density at radius 1 is 1.50 bits per heavy atom. The number of nitrogens with two attached hydrogens (primary N) is 1. The summed E-state index contributed by atoms with van der Waals surface area (Å²) in [4.78, 5) is 23.5. The number of esters is 1. The number of carbonyl (C=O) groups excluding carboxylic acids is 1. The Bertz CT molecular complexity index is 873. The molecule has 1 aliphatic rings. The van der Waals surface area contributed by atoms with Crippen molar-refractivity contribution in [2.75, 3.05) is 24.7 Å². The first kappa shape index (κ1) is 21.5. The first-order chi connectivity index (χ1) is 13.4. The number of benzene rings is 1. The highest BCUT2D eigenvalue weighted by Gasteiger charge is 2.35. The lowest BCUT2D eigenvalue weighted by Gasteiger charge is -2.29. The molecule has 3 N–H and O–H groups in total. The molecule has 148 valence electrons. The van der Waals surface area contributed by atoms with Gasteiger partial charge in [0.25, 0.3) is 5.69 Å². The summed E-state index contributed by atoms with van der Waals surface area (Å²) in [7, 11) is 0. The van der Waals surface area contributed by atoms with Crippen molar-refractivity contribution >= 4 is 23.4 Å². The summed E-state index contributed by atoms with van der Waals surface area (Å²) in [5.74, 6) is -0.0996. The van der Waals surface area contributed by atoms with Gasteiger partial charge in [-0.05, 0) is 19.4 Å². The first-order valence-electron chi connectivity index (χ1n) is 8.74. The van der Waals surface area contributed by atoms with E-state index in [4.69, 9.17) is 10.5 Å². The van der Waals surface area contributed by atoms with Crippen molar-refractivity contribution in [3.63, 3.8) is 0 Å². The smallest absolute Gasteiger partial charge is 0.336 e. The minimum atomic E-state index is -0.737. The van der Waals surface area contributed by atoms with E-state index in [0.717, 1.165) is 0 Å². The van der Waals surface area contributed by atoms with Gasteiger partial charge >= 0.3 is 5.97 Å². The Morgan fingerprint density at radius 2 is 2.25 bits per heavy atom. The molecule has 0 aliphatic carbocycles. The molecule has 1 aliphatic heterocycles. The van der Waals surface area contributed by atoms with E-state index in [0.29, 0.717) is 46.2 Å². The van der Waals surface area contributed by atoms with Gasteiger partial charge < -0.3 is 15.8 Å². The van der Waals surface area contributed by atoms with E-state index in [9.17, 15) is 20.2 Å². The number of nitro groups is 1. The highest BCUT2D eigenvalue weighted by Crippen LogP contribution is 2.39. The van der Waals surface area contributed by atoms with E-state index in [1.807, 2.05) is 0 Å². The van der Waals surface area contributed by atoms with Gasteiger partial charge in [-0.1, -0.05) is 12.1 Å². The zero-order chi connectivity index (χ0) is 20.7. The van der Waals surface area contributed by atoms with Crippen molar-refractivity contribution in [3.05, 3.63) is 62.5 Å². The maximum absolute atomic E-state index is 12.8. The quantitative estimate of drug-likeness (QED) is 0.293. The number of thioether (sulfide) groups is 1. The lowest BCUT2D eigenvalue weighted by Crippen LogP contribution is -2.31. The van der Waals surface area contributed by atoms with Crippen LogP contribution in [0.3, 0.4) is 0 Å². The molecule has 1 aromatic carbocycles. The molecule has 1 aromatic rings. The van der Waals surface area contributed by atoms with E-state index in [1.54, 1.807) is 37.7 Å². The second-order valence-electron chi connectivity index (χ2n) is 6.01. The average Bonchev–Trinajstić information content (AvgIpc) is 2.67. The number of ether oxygens (including phenoxy) is 1. The van der Waals surface area contributed by atoms with Gasteiger partial charge in [-0.3, -0.25) is 10.1 Å². The van der Waals surface area contributed by atoms with Crippen molar-refractivity contribution in [3.8, 4) is 6.07 Å². The topological polar surface area (TPSA) is 131 Å². The molecule has 1 heterocycles. The molecule has 0 unspecified atom stereocenters. The van der Waals surface area contributed by atoms with Crippen LogP contribution in [0.4, 0.5) is 5.69 Å². The number of rotatable bonds is 8. The van der Waals surface area contributed by atoms with Gasteiger partial charge in [-0.25, -0.2) is 4.79 Å². The number of non-ortho nitro benzene ring substituents is 1. The van der Waals surface area contributed by atoms with Gasteiger partial charge in [0.1, 0.15) is 0 Å². The van der Waals surface area contributed by atoms with Crippen LogP contribution in [0.2, 0.25) is 0 Å². The van der Waals surface area contributed by atoms with E-state index in [2.05, 4.69) is 11.4 Å². The first-order valence-corrected chi connectivity index (χ1v) is 9.90. The number of hydrogen-bond donors (Lipinski definition) is 2. The van der Waals surface area contributed by atoms with Crippen molar-refractivity contribution in [2.45, 2.75) is 19.8 Å². The molecule has 28 heavy (non-hydrogen) atoms. The van der Waals surface area contributed by atoms with Crippen LogP contribution in [0.5, 0.6) is 0 Å². The molecular weight excluding hydrogens is 380 g/mol. The van der Waals surface area contributed by atoms with Crippen LogP contribution in [-0.2, 0) is 9.53 Å². The minimum absolute atomic E-state index is 0.103. The number of nitrogens with zero attached hydrogens (tertiary/aromatic N) is 2. The Kier molecular flexibility index (Phi) is 7.61.